The summed E-state index contributed by atoms with van der Waals surface area (Å²) in [5, 5.41) is 12.2. The average Bonchev–Trinajstić information content (AvgIpc) is 3.06. The van der Waals surface area contributed by atoms with Crippen LogP contribution in [0.5, 0.6) is 5.75 Å². The summed E-state index contributed by atoms with van der Waals surface area (Å²) in [4.78, 5) is 9.29. The molecule has 2 aromatic carbocycles. The highest BCUT2D eigenvalue weighted by Crippen LogP contribution is 2.31. The lowest BCUT2D eigenvalue weighted by Gasteiger charge is -2.12. The van der Waals surface area contributed by atoms with Crippen LogP contribution >= 0.6 is 11.6 Å². The summed E-state index contributed by atoms with van der Waals surface area (Å²) in [5.74, 6) is 1.73. The number of methoxy groups -OCH3 is 1. The number of nitrogens with zero attached hydrogens (tertiary/aromatic N) is 4. The van der Waals surface area contributed by atoms with Crippen LogP contribution in [-0.4, -0.2) is 26.9 Å². The van der Waals surface area contributed by atoms with Crippen molar-refractivity contribution < 1.29 is 4.74 Å². The van der Waals surface area contributed by atoms with E-state index in [0.717, 1.165) is 16.8 Å². The minimum Gasteiger partial charge on any atom is -0.495 e. The Hall–Kier alpha value is -3.32. The van der Waals surface area contributed by atoms with Crippen molar-refractivity contribution >= 4 is 45.8 Å². The van der Waals surface area contributed by atoms with Gasteiger partial charge in [-0.2, -0.15) is 15.1 Å². The van der Waals surface area contributed by atoms with Gasteiger partial charge in [0.15, 0.2) is 5.65 Å². The van der Waals surface area contributed by atoms with E-state index in [1.165, 1.54) is 11.1 Å². The lowest BCUT2D eigenvalue weighted by Crippen LogP contribution is -2.04. The molecule has 0 aliphatic carbocycles. The second-order valence-corrected chi connectivity index (χ2v) is 7.21. The Labute approximate surface area is 173 Å². The van der Waals surface area contributed by atoms with Gasteiger partial charge in [0.25, 0.3) is 0 Å². The van der Waals surface area contributed by atoms with Crippen LogP contribution < -0.4 is 15.4 Å². The normalized spacial score (nSPS) is 10.9. The number of ether oxygens (including phenoxy) is 1. The molecule has 0 aliphatic heterocycles. The molecule has 7 nitrogen and oxygen atoms in total. The highest BCUT2D eigenvalue weighted by atomic mass is 35.5. The Bertz CT molecular complexity index is 1200. The smallest absolute Gasteiger partial charge is 0.231 e. The number of fused-ring (bicyclic) bond motifs is 1. The molecule has 0 amide bonds. The number of aromatic nitrogens is 4. The molecule has 0 saturated heterocycles. The summed E-state index contributed by atoms with van der Waals surface area (Å²) in [7, 11) is 3.44. The van der Waals surface area contributed by atoms with E-state index in [2.05, 4.69) is 51.7 Å². The molecule has 2 aromatic heterocycles. The highest BCUT2D eigenvalue weighted by Gasteiger charge is 2.13. The van der Waals surface area contributed by atoms with Crippen LogP contribution in [0.2, 0.25) is 5.02 Å². The molecule has 4 aromatic rings. The molecule has 0 atom stereocenters. The average molecular weight is 409 g/mol. The first-order valence-corrected chi connectivity index (χ1v) is 9.47. The fraction of sp³-hybridized carbons (Fsp3) is 0.190. The first-order valence-electron chi connectivity index (χ1n) is 9.09. The van der Waals surface area contributed by atoms with Gasteiger partial charge in [0.2, 0.25) is 5.95 Å². The summed E-state index contributed by atoms with van der Waals surface area (Å²) in [6, 6.07) is 11.6. The molecule has 0 fully saturated rings. The van der Waals surface area contributed by atoms with Crippen molar-refractivity contribution in [1.82, 2.24) is 19.7 Å². The minimum absolute atomic E-state index is 0.478. The number of anilines is 4. The van der Waals surface area contributed by atoms with Gasteiger partial charge in [0.1, 0.15) is 11.6 Å². The zero-order valence-corrected chi connectivity index (χ0v) is 17.4. The van der Waals surface area contributed by atoms with Gasteiger partial charge in [-0.3, -0.25) is 4.68 Å². The molecule has 29 heavy (non-hydrogen) atoms. The molecule has 148 valence electrons. The third kappa shape index (κ3) is 3.82. The first-order chi connectivity index (χ1) is 13.9. The number of halogens is 1. The molecule has 4 rings (SSSR count). The molecule has 8 heteroatoms. The molecular formula is C21H21ClN6O. The SMILES string of the molecule is COc1ccc(Nc2nc(Nc3ccc(C)c(C)c3)nc3c2cnn3C)cc1Cl. The van der Waals surface area contributed by atoms with Gasteiger partial charge < -0.3 is 15.4 Å². The maximum absolute atomic E-state index is 6.26. The largest absolute Gasteiger partial charge is 0.495 e. The Morgan fingerprint density at radius 2 is 1.72 bits per heavy atom. The quantitative estimate of drug-likeness (QED) is 0.476. The third-order valence-corrected chi connectivity index (χ3v) is 5.07. The summed E-state index contributed by atoms with van der Waals surface area (Å²) in [6.07, 6.45) is 1.74. The first kappa shape index (κ1) is 19.0. The van der Waals surface area contributed by atoms with Crippen molar-refractivity contribution in [1.29, 1.82) is 0 Å². The van der Waals surface area contributed by atoms with Gasteiger partial charge in [0.05, 0.1) is 23.7 Å². The van der Waals surface area contributed by atoms with Crippen molar-refractivity contribution in [3.63, 3.8) is 0 Å². The van der Waals surface area contributed by atoms with E-state index in [9.17, 15) is 0 Å². The number of benzene rings is 2. The number of aryl methyl sites for hydroxylation is 3. The molecule has 0 spiro atoms. The van der Waals surface area contributed by atoms with Crippen LogP contribution in [0.4, 0.5) is 23.1 Å². The maximum atomic E-state index is 6.26. The Kier molecular flexibility index (Phi) is 4.98. The number of hydrogen-bond donors (Lipinski definition) is 2. The second kappa shape index (κ2) is 7.60. The summed E-state index contributed by atoms with van der Waals surface area (Å²) < 4.78 is 6.94. The van der Waals surface area contributed by atoms with Crippen molar-refractivity contribution in [2.75, 3.05) is 17.7 Å². The van der Waals surface area contributed by atoms with E-state index < -0.39 is 0 Å². The lowest BCUT2D eigenvalue weighted by molar-refractivity contribution is 0.415. The zero-order valence-electron chi connectivity index (χ0n) is 16.6. The fourth-order valence-electron chi connectivity index (χ4n) is 3.00. The molecule has 2 N–H and O–H groups in total. The number of hydrogen-bond acceptors (Lipinski definition) is 6. The zero-order chi connectivity index (χ0) is 20.5. The molecule has 0 aliphatic rings. The maximum Gasteiger partial charge on any atom is 0.231 e. The van der Waals surface area contributed by atoms with Gasteiger partial charge in [-0.25, -0.2) is 0 Å². The van der Waals surface area contributed by atoms with E-state index in [1.807, 2.05) is 19.2 Å². The van der Waals surface area contributed by atoms with Crippen LogP contribution in [0.1, 0.15) is 11.1 Å². The van der Waals surface area contributed by atoms with Crippen molar-refractivity contribution in [3.05, 3.63) is 58.7 Å². The standard InChI is InChI=1S/C21H21ClN6O/c1-12-5-6-14(9-13(12)2)25-21-26-19(16-11-23-28(3)20(16)27-21)24-15-7-8-18(29-4)17(22)10-15/h5-11H,1-4H3,(H2,24,25,26,27). The van der Waals surface area contributed by atoms with Gasteiger partial charge >= 0.3 is 0 Å². The van der Waals surface area contributed by atoms with Crippen LogP contribution in [0.3, 0.4) is 0 Å². The number of nitrogens with one attached hydrogen (secondary N) is 2. The summed E-state index contributed by atoms with van der Waals surface area (Å²) >= 11 is 6.26. The fourth-order valence-corrected chi connectivity index (χ4v) is 3.26. The van der Waals surface area contributed by atoms with Crippen LogP contribution in [0, 0.1) is 13.8 Å². The van der Waals surface area contributed by atoms with Crippen LogP contribution in [0.25, 0.3) is 11.0 Å². The van der Waals surface area contributed by atoms with Gasteiger partial charge in [-0.15, -0.1) is 0 Å². The number of rotatable bonds is 5. The van der Waals surface area contributed by atoms with Crippen LogP contribution in [-0.2, 0) is 7.05 Å². The molecular weight excluding hydrogens is 388 g/mol. The van der Waals surface area contributed by atoms with Crippen LogP contribution in [0.15, 0.2) is 42.6 Å². The summed E-state index contributed by atoms with van der Waals surface area (Å²) in [6.45, 7) is 4.16. The van der Waals surface area contributed by atoms with Gasteiger partial charge in [-0.05, 0) is 55.3 Å². The monoisotopic (exact) mass is 408 g/mol. The van der Waals surface area contributed by atoms with Crippen molar-refractivity contribution in [2.45, 2.75) is 13.8 Å². The van der Waals surface area contributed by atoms with Gasteiger partial charge in [-0.1, -0.05) is 17.7 Å². The topological polar surface area (TPSA) is 76.9 Å². The molecule has 2 heterocycles. The molecule has 0 bridgehead atoms. The summed E-state index contributed by atoms with van der Waals surface area (Å²) in [5.41, 5.74) is 4.86. The molecule has 0 radical (unpaired) electrons. The molecule has 0 unspecified atom stereocenters. The second-order valence-electron chi connectivity index (χ2n) is 6.80. The van der Waals surface area contributed by atoms with Gasteiger partial charge in [0, 0.05) is 18.4 Å². The Balaban J connectivity index is 1.73. The predicted molar refractivity (Wildman–Crippen MR) is 117 cm³/mol. The Morgan fingerprint density at radius 1 is 0.966 bits per heavy atom. The van der Waals surface area contributed by atoms with E-state index in [1.54, 1.807) is 30.1 Å². The predicted octanol–water partition coefficient (Wildman–Crippen LogP) is 5.13. The van der Waals surface area contributed by atoms with Crippen molar-refractivity contribution in [2.24, 2.45) is 7.05 Å². The van der Waals surface area contributed by atoms with Crippen molar-refractivity contribution in [3.8, 4) is 5.75 Å². The minimum atomic E-state index is 0.478. The van der Waals surface area contributed by atoms with E-state index in [0.29, 0.717) is 28.2 Å². The van der Waals surface area contributed by atoms with E-state index >= 15 is 0 Å². The Morgan fingerprint density at radius 3 is 2.45 bits per heavy atom. The van der Waals surface area contributed by atoms with E-state index in [-0.39, 0.29) is 0 Å². The highest BCUT2D eigenvalue weighted by molar-refractivity contribution is 6.32. The molecule has 0 saturated carbocycles. The lowest BCUT2D eigenvalue weighted by atomic mass is 10.1. The van der Waals surface area contributed by atoms with E-state index in [4.69, 9.17) is 16.3 Å². The third-order valence-electron chi connectivity index (χ3n) is 4.77.